The second-order valence-corrected chi connectivity index (χ2v) is 5.00. The number of aliphatic carboxylic acids is 1. The number of carbonyl (C=O) groups excluding carboxylic acids is 1. The number of nitrogens with one attached hydrogen (secondary N) is 2. The molecule has 0 saturated carbocycles. The minimum absolute atomic E-state index is 0.151. The van der Waals surface area contributed by atoms with Gasteiger partial charge >= 0.3 is 12.0 Å². The first-order valence-electron chi connectivity index (χ1n) is 5.79. The minimum atomic E-state index is -1.29. The van der Waals surface area contributed by atoms with Crippen molar-refractivity contribution in [2.45, 2.75) is 12.5 Å². The largest absolute Gasteiger partial charge is 0.480 e. The van der Waals surface area contributed by atoms with Crippen molar-refractivity contribution >= 4 is 29.4 Å². The van der Waals surface area contributed by atoms with Crippen molar-refractivity contribution in [2.24, 2.45) is 0 Å². The summed E-state index contributed by atoms with van der Waals surface area (Å²) in [5.41, 5.74) is -0.845. The van der Waals surface area contributed by atoms with E-state index in [4.69, 9.17) is 5.11 Å². The van der Waals surface area contributed by atoms with Crippen LogP contribution in [0.4, 0.5) is 23.7 Å². The molecule has 0 saturated heterocycles. The van der Waals surface area contributed by atoms with Gasteiger partial charge in [-0.05, 0) is 18.4 Å². The first-order chi connectivity index (χ1) is 9.85. The summed E-state index contributed by atoms with van der Waals surface area (Å²) in [5, 5.41) is 12.8. The molecule has 0 aliphatic heterocycles. The Morgan fingerprint density at radius 2 is 1.86 bits per heavy atom. The molecule has 1 atom stereocenters. The lowest BCUT2D eigenvalue weighted by Crippen LogP contribution is -2.43. The Bertz CT molecular complexity index is 519. The summed E-state index contributed by atoms with van der Waals surface area (Å²) >= 11 is 1.39. The maximum absolute atomic E-state index is 13.3. The summed E-state index contributed by atoms with van der Waals surface area (Å²) in [6, 6.07) is -1.47. The molecule has 1 aromatic rings. The molecule has 0 aromatic heterocycles. The Balaban J connectivity index is 2.74. The Morgan fingerprint density at radius 1 is 1.29 bits per heavy atom. The number of carboxylic acids is 1. The van der Waals surface area contributed by atoms with Crippen LogP contribution in [0.15, 0.2) is 12.1 Å². The van der Waals surface area contributed by atoms with Crippen LogP contribution in [0.3, 0.4) is 0 Å². The molecular weight excluding hydrogens is 309 g/mol. The zero-order valence-corrected chi connectivity index (χ0v) is 11.8. The van der Waals surface area contributed by atoms with Gasteiger partial charge in [-0.3, -0.25) is 0 Å². The maximum Gasteiger partial charge on any atom is 0.326 e. The van der Waals surface area contributed by atoms with Gasteiger partial charge in [0, 0.05) is 12.1 Å². The van der Waals surface area contributed by atoms with Crippen LogP contribution >= 0.6 is 11.8 Å². The number of carbonyl (C=O) groups is 2. The van der Waals surface area contributed by atoms with E-state index in [-0.39, 0.29) is 6.42 Å². The van der Waals surface area contributed by atoms with E-state index >= 15 is 0 Å². The zero-order chi connectivity index (χ0) is 16.0. The predicted molar refractivity (Wildman–Crippen MR) is 72.9 cm³/mol. The van der Waals surface area contributed by atoms with Crippen LogP contribution in [0.2, 0.25) is 0 Å². The highest BCUT2D eigenvalue weighted by Gasteiger charge is 2.21. The Hall–Kier alpha value is -1.90. The number of urea groups is 1. The molecule has 0 heterocycles. The van der Waals surface area contributed by atoms with Gasteiger partial charge in [0.15, 0.2) is 11.6 Å². The molecule has 5 nitrogen and oxygen atoms in total. The van der Waals surface area contributed by atoms with E-state index in [1.165, 1.54) is 11.8 Å². The standard InChI is InChI=1S/C12H13F3N2O3S/c1-21-3-2-9(11(18)19)16-12(20)17-10-7(14)4-6(13)5-8(10)15/h4-5,9H,2-3H2,1H3,(H,18,19)(H2,16,17,20)/t9-/m1/s1. The third kappa shape index (κ3) is 5.18. The van der Waals surface area contributed by atoms with E-state index < -0.39 is 41.2 Å². The van der Waals surface area contributed by atoms with E-state index in [0.29, 0.717) is 17.9 Å². The summed E-state index contributed by atoms with van der Waals surface area (Å²) in [6.45, 7) is 0. The summed E-state index contributed by atoms with van der Waals surface area (Å²) in [4.78, 5) is 22.5. The van der Waals surface area contributed by atoms with E-state index in [2.05, 4.69) is 5.32 Å². The van der Waals surface area contributed by atoms with E-state index in [9.17, 15) is 22.8 Å². The highest BCUT2D eigenvalue weighted by atomic mass is 32.2. The van der Waals surface area contributed by atoms with Crippen LogP contribution < -0.4 is 10.6 Å². The van der Waals surface area contributed by atoms with Gasteiger partial charge < -0.3 is 15.7 Å². The Morgan fingerprint density at radius 3 is 2.33 bits per heavy atom. The number of halogens is 3. The lowest BCUT2D eigenvalue weighted by Gasteiger charge is -2.15. The van der Waals surface area contributed by atoms with Crippen LogP contribution in [0, 0.1) is 17.5 Å². The number of amides is 2. The number of anilines is 1. The highest BCUT2D eigenvalue weighted by molar-refractivity contribution is 7.98. The number of rotatable bonds is 6. The molecule has 0 aliphatic carbocycles. The molecule has 0 unspecified atom stereocenters. The maximum atomic E-state index is 13.3. The first-order valence-corrected chi connectivity index (χ1v) is 7.18. The lowest BCUT2D eigenvalue weighted by atomic mass is 10.2. The fraction of sp³-hybridized carbons (Fsp3) is 0.333. The van der Waals surface area contributed by atoms with Crippen LogP contribution in [-0.4, -0.2) is 35.2 Å². The number of thioether (sulfide) groups is 1. The molecule has 21 heavy (non-hydrogen) atoms. The van der Waals surface area contributed by atoms with E-state index in [0.717, 1.165) is 0 Å². The third-order valence-corrected chi connectivity index (χ3v) is 3.10. The molecule has 1 rings (SSSR count). The van der Waals surface area contributed by atoms with Gasteiger partial charge in [-0.25, -0.2) is 22.8 Å². The second kappa shape index (κ2) is 7.77. The first kappa shape index (κ1) is 17.2. The van der Waals surface area contributed by atoms with Gasteiger partial charge in [0.25, 0.3) is 0 Å². The van der Waals surface area contributed by atoms with E-state index in [1.54, 1.807) is 6.26 Å². The van der Waals surface area contributed by atoms with Gasteiger partial charge in [-0.1, -0.05) is 0 Å². The average molecular weight is 322 g/mol. The van der Waals surface area contributed by atoms with Crippen LogP contribution in [0.5, 0.6) is 0 Å². The van der Waals surface area contributed by atoms with Crippen LogP contribution in [0.1, 0.15) is 6.42 Å². The van der Waals surface area contributed by atoms with Crippen molar-refractivity contribution in [1.82, 2.24) is 5.32 Å². The molecule has 9 heteroatoms. The average Bonchev–Trinajstić information content (AvgIpc) is 2.38. The summed E-state index contributed by atoms with van der Waals surface area (Å²) in [7, 11) is 0. The van der Waals surface area contributed by atoms with Crippen molar-refractivity contribution in [3.05, 3.63) is 29.6 Å². The predicted octanol–water partition coefficient (Wildman–Crippen LogP) is 2.43. The molecule has 0 bridgehead atoms. The molecule has 3 N–H and O–H groups in total. The van der Waals surface area contributed by atoms with Gasteiger partial charge in [-0.15, -0.1) is 0 Å². The van der Waals surface area contributed by atoms with Crippen molar-refractivity contribution < 1.29 is 27.9 Å². The summed E-state index contributed by atoms with van der Waals surface area (Å²) in [6.07, 6.45) is 1.92. The highest BCUT2D eigenvalue weighted by Crippen LogP contribution is 2.20. The van der Waals surface area contributed by atoms with Crippen molar-refractivity contribution in [3.8, 4) is 0 Å². The molecule has 1 aromatic carbocycles. The normalized spacial score (nSPS) is 11.8. The van der Waals surface area contributed by atoms with Crippen LogP contribution in [-0.2, 0) is 4.79 Å². The lowest BCUT2D eigenvalue weighted by molar-refractivity contribution is -0.139. The summed E-state index contributed by atoms with van der Waals surface area (Å²) in [5.74, 6) is -4.49. The van der Waals surface area contributed by atoms with Crippen molar-refractivity contribution in [1.29, 1.82) is 0 Å². The Kier molecular flexibility index (Phi) is 6.35. The third-order valence-electron chi connectivity index (χ3n) is 2.46. The van der Waals surface area contributed by atoms with E-state index in [1.807, 2.05) is 5.32 Å². The second-order valence-electron chi connectivity index (χ2n) is 4.02. The van der Waals surface area contributed by atoms with Crippen molar-refractivity contribution in [2.75, 3.05) is 17.3 Å². The van der Waals surface area contributed by atoms with Gasteiger partial charge in [0.05, 0.1) is 0 Å². The van der Waals surface area contributed by atoms with Gasteiger partial charge in [0.2, 0.25) is 0 Å². The SMILES string of the molecule is CSCC[C@@H](NC(=O)Nc1c(F)cc(F)cc1F)C(=O)O. The number of carboxylic acid groups (broad SMARTS) is 1. The number of hydrogen-bond donors (Lipinski definition) is 3. The number of benzene rings is 1. The summed E-state index contributed by atoms with van der Waals surface area (Å²) < 4.78 is 39.4. The molecule has 2 amide bonds. The molecule has 0 spiro atoms. The molecular formula is C12H13F3N2O3S. The topological polar surface area (TPSA) is 78.4 Å². The molecule has 116 valence electrons. The number of hydrogen-bond acceptors (Lipinski definition) is 3. The minimum Gasteiger partial charge on any atom is -0.480 e. The molecule has 0 radical (unpaired) electrons. The van der Waals surface area contributed by atoms with Gasteiger partial charge in [-0.2, -0.15) is 11.8 Å². The van der Waals surface area contributed by atoms with Crippen molar-refractivity contribution in [3.63, 3.8) is 0 Å². The quantitative estimate of drug-likeness (QED) is 0.752. The van der Waals surface area contributed by atoms with Crippen LogP contribution in [0.25, 0.3) is 0 Å². The molecule has 0 aliphatic rings. The Labute approximate surface area is 122 Å². The smallest absolute Gasteiger partial charge is 0.326 e. The monoisotopic (exact) mass is 322 g/mol. The zero-order valence-electron chi connectivity index (χ0n) is 11.0. The fourth-order valence-corrected chi connectivity index (χ4v) is 1.93. The fourth-order valence-electron chi connectivity index (χ4n) is 1.46. The van der Waals surface area contributed by atoms with Gasteiger partial charge in [0.1, 0.15) is 17.5 Å². The molecule has 0 fully saturated rings.